The van der Waals surface area contributed by atoms with Gasteiger partial charge >= 0.3 is 0 Å². The van der Waals surface area contributed by atoms with E-state index in [4.69, 9.17) is 9.47 Å². The molecule has 6 heteroatoms. The van der Waals surface area contributed by atoms with Crippen LogP contribution in [0.1, 0.15) is 22.3 Å². The van der Waals surface area contributed by atoms with Gasteiger partial charge in [-0.1, -0.05) is 59.7 Å². The number of carbonyl (C=O) groups excluding carboxylic acids is 2. The Hall–Kier alpha value is -4.84. The fourth-order valence-electron chi connectivity index (χ4n) is 4.19. The highest BCUT2D eigenvalue weighted by Crippen LogP contribution is 2.24. The minimum absolute atomic E-state index is 0.302. The molecule has 0 radical (unpaired) electrons. The second kappa shape index (κ2) is 13.3. The summed E-state index contributed by atoms with van der Waals surface area (Å²) in [4.78, 5) is 30.4. The Labute approximate surface area is 236 Å². The summed E-state index contributed by atoms with van der Waals surface area (Å²) >= 11 is 0. The average Bonchev–Trinajstić information content (AvgIpc) is 2.99. The lowest BCUT2D eigenvalue weighted by Crippen LogP contribution is -2.31. The summed E-state index contributed by atoms with van der Waals surface area (Å²) in [5, 5.41) is 0. The van der Waals surface area contributed by atoms with Gasteiger partial charge in [0.1, 0.15) is 11.5 Å². The van der Waals surface area contributed by atoms with Crippen LogP contribution >= 0.6 is 0 Å². The zero-order chi connectivity index (χ0) is 28.5. The number of ether oxygens (including phenoxy) is 2. The van der Waals surface area contributed by atoms with Crippen molar-refractivity contribution in [3.63, 3.8) is 0 Å². The maximum absolute atomic E-state index is 13.5. The third kappa shape index (κ3) is 7.38. The van der Waals surface area contributed by atoms with E-state index in [1.807, 2.05) is 111 Å². The van der Waals surface area contributed by atoms with Gasteiger partial charge in [0.25, 0.3) is 11.8 Å². The second-order valence-corrected chi connectivity index (χ2v) is 9.55. The molecule has 204 valence electrons. The summed E-state index contributed by atoms with van der Waals surface area (Å²) in [6.45, 7) is 4.76. The number of amides is 2. The maximum atomic E-state index is 13.5. The molecule has 4 aromatic rings. The normalized spacial score (nSPS) is 10.8. The van der Waals surface area contributed by atoms with Crippen molar-refractivity contribution in [1.82, 2.24) is 0 Å². The van der Waals surface area contributed by atoms with Crippen LogP contribution in [0.2, 0.25) is 0 Å². The van der Waals surface area contributed by atoms with Crippen LogP contribution in [0.3, 0.4) is 0 Å². The molecule has 0 atom stereocenters. The van der Waals surface area contributed by atoms with Crippen molar-refractivity contribution in [1.29, 1.82) is 0 Å². The predicted octanol–water partition coefficient (Wildman–Crippen LogP) is 6.64. The van der Waals surface area contributed by atoms with Crippen LogP contribution in [0.25, 0.3) is 0 Å². The van der Waals surface area contributed by atoms with Gasteiger partial charge < -0.3 is 19.3 Å². The van der Waals surface area contributed by atoms with Gasteiger partial charge in [-0.05, 0) is 73.5 Å². The average molecular weight is 535 g/mol. The Balaban J connectivity index is 1.60. The van der Waals surface area contributed by atoms with Crippen molar-refractivity contribution < 1.29 is 19.1 Å². The van der Waals surface area contributed by atoms with E-state index in [0.29, 0.717) is 36.0 Å². The predicted molar refractivity (Wildman–Crippen MR) is 160 cm³/mol. The summed E-state index contributed by atoms with van der Waals surface area (Å²) in [5.41, 5.74) is 5.65. The Kier molecular flexibility index (Phi) is 9.36. The van der Waals surface area contributed by atoms with Crippen LogP contribution in [-0.4, -0.2) is 26.0 Å². The summed E-state index contributed by atoms with van der Waals surface area (Å²) < 4.78 is 10.6. The van der Waals surface area contributed by atoms with Crippen LogP contribution in [0, 0.1) is 13.8 Å². The highest BCUT2D eigenvalue weighted by Gasteiger charge is 2.18. The highest BCUT2D eigenvalue weighted by molar-refractivity contribution is 6.08. The van der Waals surface area contributed by atoms with Gasteiger partial charge in [-0.25, -0.2) is 0 Å². The number of methoxy groups -OCH3 is 2. The van der Waals surface area contributed by atoms with Crippen LogP contribution in [0.4, 0.5) is 11.4 Å². The molecule has 40 heavy (non-hydrogen) atoms. The third-order valence-electron chi connectivity index (χ3n) is 6.59. The van der Waals surface area contributed by atoms with E-state index < -0.39 is 0 Å². The molecule has 6 nitrogen and oxygen atoms in total. The van der Waals surface area contributed by atoms with Crippen LogP contribution < -0.4 is 19.3 Å². The summed E-state index contributed by atoms with van der Waals surface area (Å²) in [7, 11) is 3.20. The van der Waals surface area contributed by atoms with E-state index in [2.05, 4.69) is 0 Å². The molecule has 0 saturated carbocycles. The zero-order valence-electron chi connectivity index (χ0n) is 23.3. The summed E-state index contributed by atoms with van der Waals surface area (Å²) in [5.74, 6) is 0.792. The SMILES string of the molecule is COc1ccc(N(Cc2ccc(C)cc2)C(=O)/C=C/C(=O)N(Cc2ccc(C)cc2)c2ccc(OC)cc2)cc1. The van der Waals surface area contributed by atoms with E-state index in [0.717, 1.165) is 22.3 Å². The molecule has 0 saturated heterocycles. The summed E-state index contributed by atoms with van der Waals surface area (Å²) in [6, 6.07) is 30.7. The molecule has 4 aromatic carbocycles. The first-order valence-electron chi connectivity index (χ1n) is 13.1. The van der Waals surface area contributed by atoms with Crippen molar-refractivity contribution in [2.45, 2.75) is 26.9 Å². The standard InChI is InChI=1S/C34H34N2O4/c1-25-5-9-27(10-6-25)23-35(29-13-17-31(39-3)18-14-29)33(37)21-22-34(38)36(24-28-11-7-26(2)8-12-28)30-15-19-32(40-4)20-16-30/h5-22H,23-24H2,1-4H3/b22-21+. The Bertz CT molecular complexity index is 1330. The maximum Gasteiger partial charge on any atom is 0.251 e. The molecule has 0 aliphatic carbocycles. The van der Waals surface area contributed by atoms with Gasteiger partial charge in [0, 0.05) is 23.5 Å². The van der Waals surface area contributed by atoms with Gasteiger partial charge in [-0.15, -0.1) is 0 Å². The fraction of sp³-hybridized carbons (Fsp3) is 0.176. The number of hydrogen-bond donors (Lipinski definition) is 0. The molecule has 0 unspecified atom stereocenters. The van der Waals surface area contributed by atoms with Gasteiger partial charge in [0.05, 0.1) is 27.3 Å². The topological polar surface area (TPSA) is 59.1 Å². The monoisotopic (exact) mass is 534 g/mol. The van der Waals surface area contributed by atoms with Gasteiger partial charge in [0.2, 0.25) is 0 Å². The third-order valence-corrected chi connectivity index (χ3v) is 6.59. The number of benzene rings is 4. The fourth-order valence-corrected chi connectivity index (χ4v) is 4.19. The number of hydrogen-bond acceptors (Lipinski definition) is 4. The molecule has 2 amide bonds. The molecular weight excluding hydrogens is 500 g/mol. The molecular formula is C34H34N2O4. The molecule has 0 aromatic heterocycles. The summed E-state index contributed by atoms with van der Waals surface area (Å²) in [6.07, 6.45) is 2.68. The van der Waals surface area contributed by atoms with Crippen molar-refractivity contribution >= 4 is 23.2 Å². The lowest BCUT2D eigenvalue weighted by atomic mass is 10.1. The highest BCUT2D eigenvalue weighted by atomic mass is 16.5. The molecule has 4 rings (SSSR count). The quantitative estimate of drug-likeness (QED) is 0.214. The second-order valence-electron chi connectivity index (χ2n) is 9.55. The van der Waals surface area contributed by atoms with E-state index >= 15 is 0 Å². The Morgan fingerprint density at radius 2 is 0.875 bits per heavy atom. The number of aryl methyl sites for hydroxylation is 2. The molecule has 0 aliphatic rings. The molecule has 0 bridgehead atoms. The van der Waals surface area contributed by atoms with Crippen LogP contribution in [0.5, 0.6) is 11.5 Å². The van der Waals surface area contributed by atoms with E-state index in [9.17, 15) is 9.59 Å². The lowest BCUT2D eigenvalue weighted by molar-refractivity contribution is -0.116. The van der Waals surface area contributed by atoms with Crippen LogP contribution in [-0.2, 0) is 22.7 Å². The molecule has 0 heterocycles. The van der Waals surface area contributed by atoms with Gasteiger partial charge in [-0.2, -0.15) is 0 Å². The number of anilines is 2. The van der Waals surface area contributed by atoms with Crippen LogP contribution in [0.15, 0.2) is 109 Å². The Morgan fingerprint density at radius 3 is 1.18 bits per heavy atom. The van der Waals surface area contributed by atoms with Crippen molar-refractivity contribution in [3.8, 4) is 11.5 Å². The van der Waals surface area contributed by atoms with E-state index in [1.165, 1.54) is 12.2 Å². The van der Waals surface area contributed by atoms with Crippen molar-refractivity contribution in [2.75, 3.05) is 24.0 Å². The largest absolute Gasteiger partial charge is 0.497 e. The first-order chi connectivity index (χ1) is 19.4. The van der Waals surface area contributed by atoms with E-state index in [1.54, 1.807) is 24.0 Å². The van der Waals surface area contributed by atoms with E-state index in [-0.39, 0.29) is 11.8 Å². The molecule has 0 fully saturated rings. The first-order valence-corrected chi connectivity index (χ1v) is 13.1. The molecule has 0 spiro atoms. The lowest BCUT2D eigenvalue weighted by Gasteiger charge is -2.23. The first kappa shape index (κ1) is 28.2. The Morgan fingerprint density at radius 1 is 0.550 bits per heavy atom. The van der Waals surface area contributed by atoms with Gasteiger partial charge in [-0.3, -0.25) is 9.59 Å². The number of rotatable bonds is 10. The minimum atomic E-state index is -0.302. The number of nitrogens with zero attached hydrogens (tertiary/aromatic N) is 2. The zero-order valence-corrected chi connectivity index (χ0v) is 23.3. The van der Waals surface area contributed by atoms with Crippen molar-refractivity contribution in [3.05, 3.63) is 131 Å². The van der Waals surface area contributed by atoms with Gasteiger partial charge in [0.15, 0.2) is 0 Å². The smallest absolute Gasteiger partial charge is 0.251 e. The molecule has 0 N–H and O–H groups in total. The number of carbonyl (C=O) groups is 2. The van der Waals surface area contributed by atoms with Crippen molar-refractivity contribution in [2.24, 2.45) is 0 Å². The molecule has 0 aliphatic heterocycles. The minimum Gasteiger partial charge on any atom is -0.497 e.